The number of nitrogens with zero attached hydrogens (tertiary/aromatic N) is 1. The van der Waals surface area contributed by atoms with E-state index in [1.807, 2.05) is 50.2 Å². The highest BCUT2D eigenvalue weighted by atomic mass is 16.5. The van der Waals surface area contributed by atoms with Gasteiger partial charge in [-0.25, -0.2) is 0 Å². The highest BCUT2D eigenvalue weighted by molar-refractivity contribution is 6.20. The van der Waals surface area contributed by atoms with E-state index in [1.54, 1.807) is 24.3 Å². The van der Waals surface area contributed by atoms with Crippen LogP contribution in [0.25, 0.3) is 0 Å². The lowest BCUT2D eigenvalue weighted by Gasteiger charge is -2.31. The molecule has 1 aliphatic rings. The van der Waals surface area contributed by atoms with Crippen molar-refractivity contribution >= 4 is 17.5 Å². The minimum Gasteiger partial charge on any atom is -0.356 e. The Balaban J connectivity index is 1.91. The second kappa shape index (κ2) is 8.76. The Hall–Kier alpha value is -3.05. The quantitative estimate of drug-likeness (QED) is 0.544. The molecule has 5 heteroatoms. The second-order valence-electron chi connectivity index (χ2n) is 7.00. The lowest BCUT2D eigenvalue weighted by atomic mass is 9.88. The van der Waals surface area contributed by atoms with Gasteiger partial charge >= 0.3 is 0 Å². The Kier molecular flexibility index (Phi) is 6.16. The third-order valence-corrected chi connectivity index (χ3v) is 4.60. The summed E-state index contributed by atoms with van der Waals surface area (Å²) >= 11 is 0. The van der Waals surface area contributed by atoms with Gasteiger partial charge in [-0.2, -0.15) is 0 Å². The van der Waals surface area contributed by atoms with Crippen molar-refractivity contribution in [3.05, 3.63) is 83.1 Å². The zero-order chi connectivity index (χ0) is 20.1. The highest BCUT2D eigenvalue weighted by Crippen LogP contribution is 2.29. The van der Waals surface area contributed by atoms with Gasteiger partial charge in [0.2, 0.25) is 11.7 Å². The van der Waals surface area contributed by atoms with Crippen molar-refractivity contribution in [3.8, 4) is 0 Å². The molecule has 1 amide bonds. The first-order valence-electron chi connectivity index (χ1n) is 9.28. The molecule has 1 aliphatic heterocycles. The van der Waals surface area contributed by atoms with Gasteiger partial charge in [-0.05, 0) is 11.5 Å². The fourth-order valence-electron chi connectivity index (χ4n) is 3.26. The van der Waals surface area contributed by atoms with Crippen molar-refractivity contribution in [3.63, 3.8) is 0 Å². The lowest BCUT2D eigenvalue weighted by Crippen LogP contribution is -2.43. The molecule has 5 nitrogen and oxygen atoms in total. The van der Waals surface area contributed by atoms with E-state index in [4.69, 9.17) is 4.74 Å². The van der Waals surface area contributed by atoms with Gasteiger partial charge in [0.05, 0.1) is 13.0 Å². The van der Waals surface area contributed by atoms with Crippen LogP contribution in [0.4, 0.5) is 0 Å². The normalized spacial score (nSPS) is 14.8. The Bertz CT molecular complexity index is 901. The van der Waals surface area contributed by atoms with Gasteiger partial charge < -0.3 is 4.74 Å². The van der Waals surface area contributed by atoms with E-state index in [2.05, 4.69) is 0 Å². The van der Waals surface area contributed by atoms with Crippen LogP contribution >= 0.6 is 0 Å². The summed E-state index contributed by atoms with van der Waals surface area (Å²) in [6, 6.07) is 18.3. The maximum Gasteiger partial charge on any atom is 0.236 e. The SMILES string of the molecule is CC(C)C1=C(C(=O)c2ccccc2)N(COCc2ccccc2)C(=O)CC1=O. The number of ketones is 2. The number of Topliss-reactive ketones (excluding diaryl/α,β-unsaturated/α-hetero) is 2. The summed E-state index contributed by atoms with van der Waals surface area (Å²) < 4.78 is 5.72. The maximum atomic E-state index is 13.2. The van der Waals surface area contributed by atoms with Crippen LogP contribution in [0, 0.1) is 5.92 Å². The molecule has 0 fully saturated rings. The van der Waals surface area contributed by atoms with Crippen molar-refractivity contribution in [2.24, 2.45) is 5.92 Å². The maximum absolute atomic E-state index is 13.2. The molecule has 3 rings (SSSR count). The molecular formula is C23H23NO4. The standard InChI is InChI=1S/C23H23NO4/c1-16(2)21-19(25)13-20(26)24(15-28-14-17-9-5-3-6-10-17)22(21)23(27)18-11-7-4-8-12-18/h3-12,16H,13-15H2,1-2H3. The average molecular weight is 377 g/mol. The van der Waals surface area contributed by atoms with Gasteiger partial charge in [0, 0.05) is 11.1 Å². The Labute approximate surface area is 164 Å². The first-order valence-corrected chi connectivity index (χ1v) is 9.28. The number of amides is 1. The minimum absolute atomic E-state index is 0.0782. The van der Waals surface area contributed by atoms with Gasteiger partial charge in [-0.3, -0.25) is 19.3 Å². The van der Waals surface area contributed by atoms with Crippen LogP contribution in [-0.4, -0.2) is 29.1 Å². The molecule has 0 aromatic heterocycles. The summed E-state index contributed by atoms with van der Waals surface area (Å²) in [6.07, 6.45) is -0.242. The summed E-state index contributed by atoms with van der Waals surface area (Å²) in [7, 11) is 0. The first-order chi connectivity index (χ1) is 13.5. The Morgan fingerprint density at radius 1 is 1.00 bits per heavy atom. The zero-order valence-corrected chi connectivity index (χ0v) is 16.1. The molecule has 0 spiro atoms. The number of allylic oxidation sites excluding steroid dienone is 2. The predicted octanol–water partition coefficient (Wildman–Crippen LogP) is 3.76. The van der Waals surface area contributed by atoms with Gasteiger partial charge in [0.25, 0.3) is 0 Å². The number of benzene rings is 2. The Morgan fingerprint density at radius 3 is 2.21 bits per heavy atom. The molecule has 0 N–H and O–H groups in total. The molecule has 144 valence electrons. The molecule has 2 aromatic rings. The van der Waals surface area contributed by atoms with E-state index in [1.165, 1.54) is 4.90 Å². The fraction of sp³-hybridized carbons (Fsp3) is 0.261. The molecule has 0 saturated heterocycles. The predicted molar refractivity (Wildman–Crippen MR) is 105 cm³/mol. The first kappa shape index (κ1) is 19.7. The van der Waals surface area contributed by atoms with Crippen molar-refractivity contribution < 1.29 is 19.1 Å². The van der Waals surface area contributed by atoms with Gasteiger partial charge in [0.1, 0.15) is 12.4 Å². The smallest absolute Gasteiger partial charge is 0.236 e. The van der Waals surface area contributed by atoms with Crippen molar-refractivity contribution in [2.75, 3.05) is 6.73 Å². The number of ether oxygens (including phenoxy) is 1. The summed E-state index contributed by atoms with van der Waals surface area (Å²) in [6.45, 7) is 3.93. The number of hydrogen-bond donors (Lipinski definition) is 0. The van der Waals surface area contributed by atoms with Gasteiger partial charge in [-0.1, -0.05) is 74.5 Å². The van der Waals surface area contributed by atoms with E-state index in [9.17, 15) is 14.4 Å². The summed E-state index contributed by atoms with van der Waals surface area (Å²) in [5, 5.41) is 0. The number of rotatable bonds is 7. The number of hydrogen-bond acceptors (Lipinski definition) is 4. The zero-order valence-electron chi connectivity index (χ0n) is 16.1. The van der Waals surface area contributed by atoms with Crippen LogP contribution in [0.15, 0.2) is 71.9 Å². The Morgan fingerprint density at radius 2 is 1.61 bits per heavy atom. The molecule has 28 heavy (non-hydrogen) atoms. The topological polar surface area (TPSA) is 63.7 Å². The van der Waals surface area contributed by atoms with E-state index in [0.29, 0.717) is 17.7 Å². The number of carbonyl (C=O) groups is 3. The van der Waals surface area contributed by atoms with E-state index < -0.39 is 5.91 Å². The lowest BCUT2D eigenvalue weighted by molar-refractivity contribution is -0.139. The summed E-state index contributed by atoms with van der Waals surface area (Å²) in [5.74, 6) is -1.23. The van der Waals surface area contributed by atoms with Gasteiger partial charge in [0.15, 0.2) is 5.78 Å². The molecule has 1 heterocycles. The van der Waals surface area contributed by atoms with Crippen LogP contribution in [0.5, 0.6) is 0 Å². The molecule has 0 saturated carbocycles. The molecule has 0 radical (unpaired) electrons. The summed E-state index contributed by atoms with van der Waals surface area (Å²) in [5.41, 5.74) is 1.92. The monoisotopic (exact) mass is 377 g/mol. The second-order valence-corrected chi connectivity index (χ2v) is 7.00. The fourth-order valence-corrected chi connectivity index (χ4v) is 3.26. The van der Waals surface area contributed by atoms with Crippen molar-refractivity contribution in [2.45, 2.75) is 26.9 Å². The van der Waals surface area contributed by atoms with E-state index >= 15 is 0 Å². The number of carbonyl (C=O) groups excluding carboxylic acids is 3. The van der Waals surface area contributed by atoms with Crippen LogP contribution in [0.1, 0.15) is 36.2 Å². The van der Waals surface area contributed by atoms with Crippen LogP contribution in [0.2, 0.25) is 0 Å². The molecule has 0 unspecified atom stereocenters. The molecule has 2 aromatic carbocycles. The molecule has 0 aliphatic carbocycles. The van der Waals surface area contributed by atoms with Crippen molar-refractivity contribution in [1.82, 2.24) is 4.90 Å². The van der Waals surface area contributed by atoms with E-state index in [-0.39, 0.29) is 36.3 Å². The average Bonchev–Trinajstić information content (AvgIpc) is 2.69. The minimum atomic E-state index is -0.415. The van der Waals surface area contributed by atoms with Crippen LogP contribution in [0.3, 0.4) is 0 Å². The molecule has 0 bridgehead atoms. The third kappa shape index (κ3) is 4.26. The van der Waals surface area contributed by atoms with Crippen LogP contribution < -0.4 is 0 Å². The molecular weight excluding hydrogens is 354 g/mol. The highest BCUT2D eigenvalue weighted by Gasteiger charge is 2.37. The summed E-state index contributed by atoms with van der Waals surface area (Å²) in [4.78, 5) is 39.6. The molecule has 0 atom stereocenters. The largest absolute Gasteiger partial charge is 0.356 e. The van der Waals surface area contributed by atoms with Gasteiger partial charge in [-0.15, -0.1) is 0 Å². The van der Waals surface area contributed by atoms with E-state index in [0.717, 1.165) is 5.56 Å². The van der Waals surface area contributed by atoms with Crippen LogP contribution in [-0.2, 0) is 20.9 Å². The van der Waals surface area contributed by atoms with Crippen molar-refractivity contribution in [1.29, 1.82) is 0 Å². The third-order valence-electron chi connectivity index (χ3n) is 4.60.